The normalized spacial score (nSPS) is 12.9. The van der Waals surface area contributed by atoms with E-state index in [1.165, 1.54) is 44.1 Å². The number of benzene rings is 2. The summed E-state index contributed by atoms with van der Waals surface area (Å²) in [6, 6.07) is 10.8. The minimum atomic E-state index is -1.16. The number of rotatable bonds is 29. The Morgan fingerprint density at radius 3 is 1.74 bits per heavy atom. The van der Waals surface area contributed by atoms with E-state index in [9.17, 15) is 19.2 Å². The van der Waals surface area contributed by atoms with Gasteiger partial charge in [-0.1, -0.05) is 69.3 Å². The number of carbonyl (C=O) groups excluding carboxylic acids is 4. The molecule has 20 heteroatoms. The molecule has 0 aliphatic carbocycles. The highest BCUT2D eigenvalue weighted by Crippen LogP contribution is 2.49. The summed E-state index contributed by atoms with van der Waals surface area (Å²) in [7, 11) is 1.20. The predicted molar refractivity (Wildman–Crippen MR) is 245 cm³/mol. The van der Waals surface area contributed by atoms with Crippen LogP contribution in [-0.4, -0.2) is 99.6 Å². The molecule has 2 aromatic carbocycles. The Morgan fingerprint density at radius 2 is 1.16 bits per heavy atom. The van der Waals surface area contributed by atoms with Crippen LogP contribution in [0.25, 0.3) is 0 Å². The van der Waals surface area contributed by atoms with Crippen LogP contribution in [0.4, 0.5) is 11.4 Å². The molecule has 0 saturated heterocycles. The fourth-order valence-electron chi connectivity index (χ4n) is 6.74. The molecule has 0 unspecified atom stereocenters. The van der Waals surface area contributed by atoms with Gasteiger partial charge < -0.3 is 64.7 Å². The van der Waals surface area contributed by atoms with E-state index in [1.807, 2.05) is 30.3 Å². The fourth-order valence-corrected chi connectivity index (χ4v) is 7.81. The van der Waals surface area contributed by atoms with Crippen LogP contribution in [0.1, 0.15) is 90.4 Å². The van der Waals surface area contributed by atoms with E-state index in [0.29, 0.717) is 25.0 Å². The minimum absolute atomic E-state index is 0.0884. The van der Waals surface area contributed by atoms with Crippen LogP contribution in [0.3, 0.4) is 0 Å². The number of methoxy groups -OCH3 is 1. The van der Waals surface area contributed by atoms with Crippen molar-refractivity contribution in [1.29, 1.82) is 0 Å². The Balaban J connectivity index is 1.75. The van der Waals surface area contributed by atoms with Crippen molar-refractivity contribution in [1.82, 2.24) is 16.0 Å². The molecular weight excluding hydrogens is 815 g/mol. The lowest BCUT2D eigenvalue weighted by molar-refractivity contribution is -0.145. The maximum absolute atomic E-state index is 13.9. The van der Waals surface area contributed by atoms with Crippen molar-refractivity contribution < 1.29 is 28.7 Å². The largest absolute Gasteiger partial charge is 0.484 e. The summed E-state index contributed by atoms with van der Waals surface area (Å²) in [5.74, 6) is -2.44. The molecule has 0 saturated carbocycles. The number of hydrogen-bond acceptors (Lipinski definition) is 11. The van der Waals surface area contributed by atoms with Crippen LogP contribution in [0.5, 0.6) is 5.75 Å². The van der Waals surface area contributed by atoms with Crippen LogP contribution in [-0.2, 0) is 23.9 Å². The van der Waals surface area contributed by atoms with Crippen LogP contribution >= 0.6 is 11.8 Å². The summed E-state index contributed by atoms with van der Waals surface area (Å²) >= 11 is 1.69. The molecule has 3 amide bonds. The number of anilines is 2. The highest BCUT2D eigenvalue weighted by molar-refractivity contribution is 7.99. The lowest BCUT2D eigenvalue weighted by atomic mass is 10.1. The number of nitrogens with two attached hydrogens (primary N) is 6. The molecule has 0 fully saturated rings. The van der Waals surface area contributed by atoms with Gasteiger partial charge >= 0.3 is 5.97 Å². The number of nitrogens with zero attached hydrogens (tertiary/aromatic N) is 4. The molecule has 1 aliphatic rings. The van der Waals surface area contributed by atoms with E-state index in [0.717, 1.165) is 35.7 Å². The molecule has 3 rings (SSSR count). The number of para-hydroxylation sites is 1. The summed E-state index contributed by atoms with van der Waals surface area (Å²) in [6.07, 6.45) is 9.70. The van der Waals surface area contributed by atoms with Crippen molar-refractivity contribution in [3.05, 3.63) is 42.5 Å². The second-order valence-corrected chi connectivity index (χ2v) is 16.0. The first-order valence-electron chi connectivity index (χ1n) is 21.3. The van der Waals surface area contributed by atoms with Gasteiger partial charge in [0, 0.05) is 42.0 Å². The molecule has 0 bridgehead atoms. The maximum Gasteiger partial charge on any atom is 0.328 e. The predicted octanol–water partition coefficient (Wildman–Crippen LogP) is 2.21. The molecule has 0 radical (unpaired) electrons. The maximum atomic E-state index is 13.9. The average molecular weight is 882 g/mol. The third kappa shape index (κ3) is 18.4. The third-order valence-electron chi connectivity index (χ3n) is 9.88. The van der Waals surface area contributed by atoms with Gasteiger partial charge in [0.05, 0.1) is 18.5 Å². The first-order chi connectivity index (χ1) is 29.8. The zero-order valence-corrected chi connectivity index (χ0v) is 36.9. The lowest BCUT2D eigenvalue weighted by Gasteiger charge is -2.33. The van der Waals surface area contributed by atoms with Crippen molar-refractivity contribution in [3.8, 4) is 5.75 Å². The quantitative estimate of drug-likeness (QED) is 0.0245. The number of nitrogens with one attached hydrogen (secondary N) is 3. The van der Waals surface area contributed by atoms with Crippen LogP contribution in [0.2, 0.25) is 0 Å². The molecule has 0 aromatic heterocycles. The second-order valence-electron chi connectivity index (χ2n) is 14.9. The van der Waals surface area contributed by atoms with E-state index < -0.39 is 41.8 Å². The molecule has 62 heavy (non-hydrogen) atoms. The molecular formula is C42H67N13O6S. The molecule has 3 atom stereocenters. The zero-order chi connectivity index (χ0) is 45.3. The number of hydrogen-bond donors (Lipinski definition) is 9. The van der Waals surface area contributed by atoms with Crippen molar-refractivity contribution >= 4 is 64.7 Å². The van der Waals surface area contributed by atoms with Gasteiger partial charge in [-0.05, 0) is 69.2 Å². The van der Waals surface area contributed by atoms with Gasteiger partial charge in [-0.25, -0.2) is 4.79 Å². The Hall–Kier alpha value is -5.92. The minimum Gasteiger partial charge on any atom is -0.484 e. The number of amides is 3. The summed E-state index contributed by atoms with van der Waals surface area (Å²) in [5, 5.41) is 8.16. The summed E-state index contributed by atoms with van der Waals surface area (Å²) < 4.78 is 10.9. The molecule has 19 nitrogen and oxygen atoms in total. The van der Waals surface area contributed by atoms with Crippen LogP contribution in [0, 0.1) is 0 Å². The van der Waals surface area contributed by atoms with Crippen molar-refractivity contribution in [2.75, 3.05) is 44.8 Å². The monoisotopic (exact) mass is 882 g/mol. The van der Waals surface area contributed by atoms with Crippen molar-refractivity contribution in [2.45, 2.75) is 118 Å². The third-order valence-corrected chi connectivity index (χ3v) is 11.0. The fraction of sp³-hybridized carbons (Fsp3) is 0.548. The Morgan fingerprint density at radius 1 is 0.645 bits per heavy atom. The Bertz CT molecular complexity index is 1830. The van der Waals surface area contributed by atoms with Crippen molar-refractivity contribution in [3.63, 3.8) is 0 Å². The first kappa shape index (κ1) is 50.4. The average Bonchev–Trinajstić information content (AvgIpc) is 3.24. The molecule has 1 aliphatic heterocycles. The van der Waals surface area contributed by atoms with Crippen LogP contribution < -0.4 is 60.0 Å². The van der Waals surface area contributed by atoms with Gasteiger partial charge in [0.15, 0.2) is 24.5 Å². The number of aliphatic imine (C=N–C) groups is 3. The molecule has 2 aromatic rings. The lowest BCUT2D eigenvalue weighted by Crippen LogP contribution is -2.56. The number of carbonyl (C=O) groups is 4. The van der Waals surface area contributed by atoms with Crippen molar-refractivity contribution in [2.24, 2.45) is 49.4 Å². The number of ether oxygens (including phenoxy) is 2. The second kappa shape index (κ2) is 27.8. The zero-order valence-electron chi connectivity index (χ0n) is 36.1. The van der Waals surface area contributed by atoms with E-state index in [2.05, 4.69) is 54.9 Å². The Labute approximate surface area is 369 Å². The SMILES string of the molecule is CCCCCCCCCN1c2ccccc2Sc2ccc(OCC(=O)N[C@@H](CCCN=C(N)N)C(=O)N[C@@H](CCCN=C(N)N)C(=O)N[C@@H](CCCN=C(N)N)C(=O)OC)cc21. The summed E-state index contributed by atoms with van der Waals surface area (Å²) in [4.78, 5) is 70.2. The van der Waals surface area contributed by atoms with Gasteiger partial charge in [-0.2, -0.15) is 0 Å². The van der Waals surface area contributed by atoms with Crippen LogP contribution in [0.15, 0.2) is 67.2 Å². The van der Waals surface area contributed by atoms with E-state index in [-0.39, 0.29) is 63.4 Å². The summed E-state index contributed by atoms with van der Waals surface area (Å²) in [6.45, 7) is 3.25. The van der Waals surface area contributed by atoms with Gasteiger partial charge in [0.1, 0.15) is 23.9 Å². The number of fused-ring (bicyclic) bond motifs is 2. The van der Waals surface area contributed by atoms with E-state index >= 15 is 0 Å². The smallest absolute Gasteiger partial charge is 0.328 e. The topological polar surface area (TPSA) is 319 Å². The highest BCUT2D eigenvalue weighted by Gasteiger charge is 2.30. The summed E-state index contributed by atoms with van der Waals surface area (Å²) in [5.41, 5.74) is 34.9. The number of unbranched alkanes of at least 4 members (excludes halogenated alkanes) is 6. The Kier molecular flexibility index (Phi) is 22.6. The van der Waals surface area contributed by atoms with E-state index in [4.69, 9.17) is 43.9 Å². The molecule has 1 heterocycles. The number of esters is 1. The molecule has 342 valence electrons. The standard InChI is InChI=1S/C42H67N13O6S/c1-3-4-5-6-7-8-11-25-55-32-18-9-10-19-34(32)62-35-21-20-28(26-33(35)55)61-27-36(56)52-29(15-12-22-49-40(43)44)37(57)53-30(16-13-23-50-41(45)46)38(58)54-31(39(59)60-2)17-14-24-51-42(47)48/h9-10,18-21,26,29-31H,3-8,11-17,22-25,27H2,1-2H3,(H,52,56)(H,53,57)(H,54,58)(H4,43,44,49)(H4,45,46,50)(H4,47,48,51)/t29-,30-,31-/m0/s1. The van der Waals surface area contributed by atoms with Gasteiger partial charge in [-0.15, -0.1) is 0 Å². The number of guanidine groups is 3. The molecule has 15 N–H and O–H groups in total. The highest BCUT2D eigenvalue weighted by atomic mass is 32.2. The first-order valence-corrected chi connectivity index (χ1v) is 22.1. The van der Waals surface area contributed by atoms with Gasteiger partial charge in [-0.3, -0.25) is 29.4 Å². The van der Waals surface area contributed by atoms with E-state index in [1.54, 1.807) is 11.8 Å². The van der Waals surface area contributed by atoms with Gasteiger partial charge in [0.25, 0.3) is 5.91 Å². The molecule has 0 spiro atoms. The van der Waals surface area contributed by atoms with Gasteiger partial charge in [0.2, 0.25) is 11.8 Å².